The Morgan fingerprint density at radius 2 is 2.20 bits per heavy atom. The van der Waals surface area contributed by atoms with Crippen molar-refractivity contribution in [1.29, 1.82) is 0 Å². The first-order valence-corrected chi connectivity index (χ1v) is 8.58. The van der Waals surface area contributed by atoms with Gasteiger partial charge in [0.25, 0.3) is 0 Å². The third-order valence-corrected chi connectivity index (χ3v) is 5.56. The van der Waals surface area contributed by atoms with Crippen LogP contribution < -0.4 is 0 Å². The molecule has 3 nitrogen and oxygen atoms in total. The Balaban J connectivity index is 1.94. The minimum atomic E-state index is -1.18. The summed E-state index contributed by atoms with van der Waals surface area (Å²) in [6, 6.07) is 4.74. The molecule has 6 heteroatoms. The predicted molar refractivity (Wildman–Crippen MR) is 79.1 cm³/mol. The normalized spacial score (nSPS) is 17.6. The summed E-state index contributed by atoms with van der Waals surface area (Å²) in [7, 11) is 0.177. The van der Waals surface area contributed by atoms with Gasteiger partial charge in [-0.15, -0.1) is 0 Å². The summed E-state index contributed by atoms with van der Waals surface area (Å²) in [6.45, 7) is 0. The third-order valence-electron chi connectivity index (χ3n) is 3.50. The minimum Gasteiger partial charge on any atom is -0.469 e. The maximum absolute atomic E-state index is 13.7. The van der Waals surface area contributed by atoms with Crippen LogP contribution in [-0.4, -0.2) is 23.0 Å². The van der Waals surface area contributed by atoms with Crippen molar-refractivity contribution in [3.05, 3.63) is 34.1 Å². The van der Waals surface area contributed by atoms with E-state index in [1.807, 2.05) is 0 Å². The molecule has 1 aromatic carbocycles. The van der Waals surface area contributed by atoms with Crippen LogP contribution in [0.5, 0.6) is 0 Å². The van der Waals surface area contributed by atoms with E-state index in [2.05, 4.69) is 20.7 Å². The van der Waals surface area contributed by atoms with Gasteiger partial charge in [0.05, 0.1) is 19.3 Å². The lowest BCUT2D eigenvalue weighted by molar-refractivity contribution is -0.141. The number of methoxy groups -OCH3 is 1. The first kappa shape index (κ1) is 15.6. The standard InChI is InChI=1S/C14H16BrFO3S/c1-19-13(17)7-14(4-5-14)9-20(18)8-10-2-3-11(15)6-12(10)16/h2-3,6H,4-5,7-9H2,1H3. The fourth-order valence-electron chi connectivity index (χ4n) is 2.13. The van der Waals surface area contributed by atoms with E-state index in [-0.39, 0.29) is 23.0 Å². The van der Waals surface area contributed by atoms with Crippen molar-refractivity contribution in [1.82, 2.24) is 0 Å². The van der Waals surface area contributed by atoms with Gasteiger partial charge in [-0.25, -0.2) is 4.39 Å². The van der Waals surface area contributed by atoms with Gasteiger partial charge in [0.1, 0.15) is 5.82 Å². The van der Waals surface area contributed by atoms with Gasteiger partial charge < -0.3 is 4.74 Å². The lowest BCUT2D eigenvalue weighted by Gasteiger charge is -2.13. The van der Waals surface area contributed by atoms with E-state index in [1.54, 1.807) is 12.1 Å². The van der Waals surface area contributed by atoms with Gasteiger partial charge >= 0.3 is 5.97 Å². The number of carbonyl (C=O) groups is 1. The number of ether oxygens (including phenoxy) is 1. The molecule has 0 saturated heterocycles. The van der Waals surface area contributed by atoms with Gasteiger partial charge in [-0.2, -0.15) is 0 Å². The smallest absolute Gasteiger partial charge is 0.306 e. The van der Waals surface area contributed by atoms with Crippen LogP contribution in [0.3, 0.4) is 0 Å². The van der Waals surface area contributed by atoms with E-state index in [1.165, 1.54) is 13.2 Å². The number of esters is 1. The summed E-state index contributed by atoms with van der Waals surface area (Å²) < 4.78 is 31.2. The first-order chi connectivity index (χ1) is 9.44. The zero-order chi connectivity index (χ0) is 14.8. The second-order valence-electron chi connectivity index (χ2n) is 5.22. The largest absolute Gasteiger partial charge is 0.469 e. The molecule has 0 bridgehead atoms. The van der Waals surface area contributed by atoms with Gasteiger partial charge in [0.2, 0.25) is 0 Å². The van der Waals surface area contributed by atoms with E-state index in [0.717, 1.165) is 12.8 Å². The van der Waals surface area contributed by atoms with Crippen molar-refractivity contribution < 1.29 is 18.1 Å². The molecule has 1 aliphatic rings. The van der Waals surface area contributed by atoms with Gasteiger partial charge in [0, 0.05) is 26.6 Å². The van der Waals surface area contributed by atoms with Crippen LogP contribution >= 0.6 is 15.9 Å². The molecule has 1 aromatic rings. The number of halogens is 2. The summed E-state index contributed by atoms with van der Waals surface area (Å²) in [5, 5.41) is 0. The van der Waals surface area contributed by atoms with E-state index in [0.29, 0.717) is 22.2 Å². The highest BCUT2D eigenvalue weighted by Crippen LogP contribution is 2.49. The Morgan fingerprint density at radius 1 is 1.50 bits per heavy atom. The van der Waals surface area contributed by atoms with Crippen LogP contribution in [0.15, 0.2) is 22.7 Å². The first-order valence-electron chi connectivity index (χ1n) is 6.30. The second-order valence-corrected chi connectivity index (χ2v) is 7.59. The highest BCUT2D eigenvalue weighted by atomic mass is 79.9. The third kappa shape index (κ3) is 4.12. The molecule has 0 aromatic heterocycles. The average Bonchev–Trinajstić information content (AvgIpc) is 3.12. The molecular weight excluding hydrogens is 347 g/mol. The van der Waals surface area contributed by atoms with Gasteiger partial charge in [-0.3, -0.25) is 9.00 Å². The van der Waals surface area contributed by atoms with Crippen molar-refractivity contribution in [2.75, 3.05) is 12.9 Å². The molecule has 1 fully saturated rings. The zero-order valence-electron chi connectivity index (χ0n) is 11.2. The highest BCUT2D eigenvalue weighted by Gasteiger charge is 2.45. The fraction of sp³-hybridized carbons (Fsp3) is 0.500. The topological polar surface area (TPSA) is 43.4 Å². The Labute approximate surface area is 128 Å². The maximum atomic E-state index is 13.7. The Morgan fingerprint density at radius 3 is 2.75 bits per heavy atom. The molecule has 2 rings (SSSR count). The van der Waals surface area contributed by atoms with E-state index in [9.17, 15) is 13.4 Å². The van der Waals surface area contributed by atoms with E-state index < -0.39 is 10.8 Å². The number of rotatable bonds is 6. The number of carbonyl (C=O) groups excluding carboxylic acids is 1. The van der Waals surface area contributed by atoms with Crippen molar-refractivity contribution >= 4 is 32.7 Å². The number of hydrogen-bond acceptors (Lipinski definition) is 3. The Hall–Kier alpha value is -0.750. The lowest BCUT2D eigenvalue weighted by Crippen LogP contribution is -2.18. The summed E-state index contributed by atoms with van der Waals surface area (Å²) >= 11 is 3.19. The second kappa shape index (κ2) is 6.35. The Kier molecular flexibility index (Phi) is 4.96. The molecular formula is C14H16BrFO3S. The molecule has 1 atom stereocenters. The predicted octanol–water partition coefficient (Wildman–Crippen LogP) is 3.18. The number of hydrogen-bond donors (Lipinski definition) is 0. The quantitative estimate of drug-likeness (QED) is 0.730. The van der Waals surface area contributed by atoms with E-state index in [4.69, 9.17) is 0 Å². The fourth-order valence-corrected chi connectivity index (χ4v) is 4.22. The minimum absolute atomic E-state index is 0.183. The summed E-state index contributed by atoms with van der Waals surface area (Å²) in [5.74, 6) is -0.0144. The summed E-state index contributed by atoms with van der Waals surface area (Å²) in [6.07, 6.45) is 2.07. The molecule has 0 heterocycles. The molecule has 20 heavy (non-hydrogen) atoms. The van der Waals surface area contributed by atoms with Gasteiger partial charge in [-0.05, 0) is 30.4 Å². The molecule has 1 aliphatic carbocycles. The highest BCUT2D eigenvalue weighted by molar-refractivity contribution is 9.10. The van der Waals surface area contributed by atoms with Crippen molar-refractivity contribution in [2.24, 2.45) is 5.41 Å². The molecule has 0 aliphatic heterocycles. The molecule has 1 saturated carbocycles. The molecule has 0 amide bonds. The van der Waals surface area contributed by atoms with Gasteiger partial charge in [-0.1, -0.05) is 22.0 Å². The molecule has 0 N–H and O–H groups in total. The van der Waals surface area contributed by atoms with Crippen LogP contribution in [0.4, 0.5) is 4.39 Å². The summed E-state index contributed by atoms with van der Waals surface area (Å²) in [4.78, 5) is 11.3. The lowest BCUT2D eigenvalue weighted by atomic mass is 10.1. The van der Waals surface area contributed by atoms with Crippen molar-refractivity contribution in [3.63, 3.8) is 0 Å². The Bertz CT molecular complexity index is 543. The molecule has 0 spiro atoms. The van der Waals surface area contributed by atoms with Crippen LogP contribution in [0.2, 0.25) is 0 Å². The number of benzene rings is 1. The summed E-state index contributed by atoms with van der Waals surface area (Å²) in [5.41, 5.74) is 0.254. The van der Waals surface area contributed by atoms with Crippen LogP contribution in [0.25, 0.3) is 0 Å². The van der Waals surface area contributed by atoms with Gasteiger partial charge in [0.15, 0.2) is 0 Å². The van der Waals surface area contributed by atoms with Crippen molar-refractivity contribution in [2.45, 2.75) is 25.0 Å². The molecule has 1 unspecified atom stereocenters. The molecule has 0 radical (unpaired) electrons. The SMILES string of the molecule is COC(=O)CC1(CS(=O)Cc2ccc(Br)cc2F)CC1. The average molecular weight is 363 g/mol. The molecule has 110 valence electrons. The van der Waals surface area contributed by atoms with Crippen LogP contribution in [0, 0.1) is 11.2 Å². The maximum Gasteiger partial charge on any atom is 0.306 e. The monoisotopic (exact) mass is 362 g/mol. The van der Waals surface area contributed by atoms with Crippen LogP contribution in [-0.2, 0) is 26.1 Å². The zero-order valence-corrected chi connectivity index (χ0v) is 13.6. The van der Waals surface area contributed by atoms with E-state index >= 15 is 0 Å². The van der Waals surface area contributed by atoms with Crippen molar-refractivity contribution in [3.8, 4) is 0 Å². The van der Waals surface area contributed by atoms with Crippen LogP contribution in [0.1, 0.15) is 24.8 Å².